The normalized spacial score (nSPS) is 21.1. The zero-order chi connectivity index (χ0) is 9.80. The first kappa shape index (κ1) is 9.68. The number of halogens is 1. The molecule has 0 radical (unpaired) electrons. The van der Waals surface area contributed by atoms with Gasteiger partial charge in [-0.05, 0) is 13.0 Å². The number of nitrogens with one attached hydrogen (secondary N) is 1. The van der Waals surface area contributed by atoms with Gasteiger partial charge in [0.05, 0.1) is 19.0 Å². The van der Waals surface area contributed by atoms with Gasteiger partial charge in [-0.25, -0.2) is 0 Å². The van der Waals surface area contributed by atoms with Gasteiger partial charge in [0.1, 0.15) is 0 Å². The Morgan fingerprint density at radius 1 is 1.57 bits per heavy atom. The molecule has 4 nitrogen and oxygen atoms in total. The molecule has 0 unspecified atom stereocenters. The number of hydrogen-bond acceptors (Lipinski definition) is 4. The summed E-state index contributed by atoms with van der Waals surface area (Å²) in [5, 5.41) is 3.65. The molecule has 1 N–H and O–H groups in total. The van der Waals surface area contributed by atoms with Gasteiger partial charge in [0.15, 0.2) is 5.15 Å². The lowest BCUT2D eigenvalue weighted by molar-refractivity contribution is 0.250. The molecule has 1 fully saturated rings. The molecule has 0 aromatic carbocycles. The lowest BCUT2D eigenvalue weighted by Crippen LogP contribution is -2.15. The first-order chi connectivity index (χ1) is 6.84. The topological polar surface area (TPSA) is 47.0 Å². The van der Waals surface area contributed by atoms with Crippen LogP contribution in [-0.2, 0) is 0 Å². The maximum atomic E-state index is 5.67. The second-order valence-corrected chi connectivity index (χ2v) is 3.74. The molecule has 0 amide bonds. The van der Waals surface area contributed by atoms with E-state index in [0.717, 1.165) is 19.5 Å². The summed E-state index contributed by atoms with van der Waals surface area (Å²) in [6.07, 6.45) is 4.23. The smallest absolute Gasteiger partial charge is 0.233 e. The van der Waals surface area contributed by atoms with Crippen LogP contribution in [0.2, 0.25) is 5.15 Å². The van der Waals surface area contributed by atoms with E-state index in [0.29, 0.717) is 23.6 Å². The maximum Gasteiger partial charge on any atom is 0.233 e. The molecule has 0 aliphatic carbocycles. The Morgan fingerprint density at radius 2 is 2.50 bits per heavy atom. The minimum absolute atomic E-state index is 0.368. The first-order valence-corrected chi connectivity index (χ1v) is 5.03. The molecule has 1 atom stereocenters. The molecule has 14 heavy (non-hydrogen) atoms. The molecule has 1 aromatic heterocycles. The van der Waals surface area contributed by atoms with Crippen molar-refractivity contribution in [2.75, 3.05) is 19.7 Å². The van der Waals surface area contributed by atoms with Crippen molar-refractivity contribution in [1.29, 1.82) is 0 Å². The number of ether oxygens (including phenoxy) is 1. The Balaban J connectivity index is 1.85. The third-order valence-corrected chi connectivity index (χ3v) is 2.39. The molecule has 2 rings (SSSR count). The molecule has 1 aromatic rings. The molecule has 0 spiro atoms. The van der Waals surface area contributed by atoms with Crippen LogP contribution in [0.1, 0.15) is 6.42 Å². The van der Waals surface area contributed by atoms with Crippen molar-refractivity contribution >= 4 is 11.6 Å². The van der Waals surface area contributed by atoms with Crippen molar-refractivity contribution in [3.63, 3.8) is 0 Å². The van der Waals surface area contributed by atoms with Crippen LogP contribution in [0.4, 0.5) is 0 Å². The number of hydrogen-bond donors (Lipinski definition) is 1. The van der Waals surface area contributed by atoms with Crippen molar-refractivity contribution < 1.29 is 4.74 Å². The predicted octanol–water partition coefficient (Wildman–Crippen LogP) is 1.12. The largest absolute Gasteiger partial charge is 0.476 e. The van der Waals surface area contributed by atoms with Gasteiger partial charge >= 0.3 is 0 Å². The Bertz CT molecular complexity index is 302. The fourth-order valence-electron chi connectivity index (χ4n) is 1.46. The van der Waals surface area contributed by atoms with E-state index in [-0.39, 0.29) is 0 Å². The van der Waals surface area contributed by atoms with Crippen LogP contribution in [0.25, 0.3) is 0 Å². The van der Waals surface area contributed by atoms with Crippen molar-refractivity contribution in [1.82, 2.24) is 15.3 Å². The number of aromatic nitrogens is 2. The minimum atomic E-state index is 0.368. The Morgan fingerprint density at radius 3 is 3.21 bits per heavy atom. The van der Waals surface area contributed by atoms with E-state index in [1.807, 2.05) is 0 Å². The molecule has 0 bridgehead atoms. The first-order valence-electron chi connectivity index (χ1n) is 4.65. The highest BCUT2D eigenvalue weighted by atomic mass is 35.5. The maximum absolute atomic E-state index is 5.67. The summed E-state index contributed by atoms with van der Waals surface area (Å²) in [5.74, 6) is 1.08. The highest BCUT2D eigenvalue weighted by Gasteiger charge is 2.15. The standard InChI is InChI=1S/C9H12ClN3O/c10-8-4-12-5-9(13-8)14-6-7-1-2-11-3-7/h4-5,7,11H,1-3,6H2/t7-/m0/s1. The molecule has 0 saturated carbocycles. The van der Waals surface area contributed by atoms with E-state index in [9.17, 15) is 0 Å². The van der Waals surface area contributed by atoms with Crippen LogP contribution in [0, 0.1) is 5.92 Å². The van der Waals surface area contributed by atoms with E-state index in [1.165, 1.54) is 6.20 Å². The van der Waals surface area contributed by atoms with Crippen LogP contribution in [0.15, 0.2) is 12.4 Å². The summed E-state index contributed by atoms with van der Waals surface area (Å²) >= 11 is 5.67. The van der Waals surface area contributed by atoms with Crippen molar-refractivity contribution in [3.8, 4) is 5.88 Å². The van der Waals surface area contributed by atoms with Crippen LogP contribution in [-0.4, -0.2) is 29.7 Å². The molecule has 2 heterocycles. The van der Waals surface area contributed by atoms with E-state index in [1.54, 1.807) is 6.20 Å². The Hall–Kier alpha value is -0.870. The molecule has 1 aliphatic rings. The van der Waals surface area contributed by atoms with Gasteiger partial charge in [0.2, 0.25) is 5.88 Å². The van der Waals surface area contributed by atoms with Gasteiger partial charge in [-0.1, -0.05) is 11.6 Å². The zero-order valence-corrected chi connectivity index (χ0v) is 8.50. The van der Waals surface area contributed by atoms with Gasteiger partial charge in [-0.3, -0.25) is 4.98 Å². The lowest BCUT2D eigenvalue weighted by atomic mass is 10.1. The fourth-order valence-corrected chi connectivity index (χ4v) is 1.59. The van der Waals surface area contributed by atoms with E-state index in [4.69, 9.17) is 16.3 Å². The second-order valence-electron chi connectivity index (χ2n) is 3.35. The van der Waals surface area contributed by atoms with Crippen LogP contribution in [0.3, 0.4) is 0 Å². The van der Waals surface area contributed by atoms with E-state index in [2.05, 4.69) is 15.3 Å². The number of rotatable bonds is 3. The SMILES string of the molecule is Clc1cncc(OC[C@H]2CCNC2)n1. The third kappa shape index (κ3) is 2.56. The Kier molecular flexibility index (Phi) is 3.16. The molecular formula is C9H12ClN3O. The van der Waals surface area contributed by atoms with Crippen LogP contribution < -0.4 is 10.1 Å². The average molecular weight is 214 g/mol. The van der Waals surface area contributed by atoms with Crippen molar-refractivity contribution in [3.05, 3.63) is 17.5 Å². The summed E-state index contributed by atoms with van der Waals surface area (Å²) in [5.41, 5.74) is 0. The van der Waals surface area contributed by atoms with Gasteiger partial charge in [-0.2, -0.15) is 4.98 Å². The highest BCUT2D eigenvalue weighted by Crippen LogP contribution is 2.12. The third-order valence-electron chi connectivity index (χ3n) is 2.21. The van der Waals surface area contributed by atoms with Gasteiger partial charge < -0.3 is 10.1 Å². The lowest BCUT2D eigenvalue weighted by Gasteiger charge is -2.09. The summed E-state index contributed by atoms with van der Waals surface area (Å²) < 4.78 is 5.47. The second kappa shape index (κ2) is 4.57. The molecule has 1 saturated heterocycles. The van der Waals surface area contributed by atoms with Crippen molar-refractivity contribution in [2.24, 2.45) is 5.92 Å². The fraction of sp³-hybridized carbons (Fsp3) is 0.556. The number of nitrogens with zero attached hydrogens (tertiary/aromatic N) is 2. The molecule has 1 aliphatic heterocycles. The minimum Gasteiger partial charge on any atom is -0.476 e. The zero-order valence-electron chi connectivity index (χ0n) is 7.74. The Labute approximate surface area is 87.7 Å². The summed E-state index contributed by atoms with van der Waals surface area (Å²) in [6.45, 7) is 2.78. The van der Waals surface area contributed by atoms with E-state index < -0.39 is 0 Å². The van der Waals surface area contributed by atoms with Crippen LogP contribution >= 0.6 is 11.6 Å². The van der Waals surface area contributed by atoms with Gasteiger partial charge in [-0.15, -0.1) is 0 Å². The van der Waals surface area contributed by atoms with Gasteiger partial charge in [0, 0.05) is 12.5 Å². The highest BCUT2D eigenvalue weighted by molar-refractivity contribution is 6.29. The predicted molar refractivity (Wildman–Crippen MR) is 53.5 cm³/mol. The molecule has 5 heteroatoms. The summed E-state index contributed by atoms with van der Waals surface area (Å²) in [6, 6.07) is 0. The molecule has 76 valence electrons. The van der Waals surface area contributed by atoms with Gasteiger partial charge in [0.25, 0.3) is 0 Å². The summed E-state index contributed by atoms with van der Waals surface area (Å²) in [7, 11) is 0. The monoisotopic (exact) mass is 213 g/mol. The van der Waals surface area contributed by atoms with E-state index >= 15 is 0 Å². The quantitative estimate of drug-likeness (QED) is 0.818. The average Bonchev–Trinajstić information content (AvgIpc) is 2.67. The van der Waals surface area contributed by atoms with Crippen molar-refractivity contribution in [2.45, 2.75) is 6.42 Å². The molecular weight excluding hydrogens is 202 g/mol. The van der Waals surface area contributed by atoms with Crippen LogP contribution in [0.5, 0.6) is 5.88 Å². The summed E-state index contributed by atoms with van der Waals surface area (Å²) in [4.78, 5) is 7.89.